The first-order chi connectivity index (χ1) is 11.2. The molecule has 0 saturated heterocycles. The summed E-state index contributed by atoms with van der Waals surface area (Å²) in [7, 11) is 0. The van der Waals surface area contributed by atoms with Crippen LogP contribution in [0.15, 0.2) is 30.3 Å². The van der Waals surface area contributed by atoms with Crippen molar-refractivity contribution in [2.75, 3.05) is 6.61 Å². The summed E-state index contributed by atoms with van der Waals surface area (Å²) in [5.41, 5.74) is 0.871. The minimum absolute atomic E-state index is 0.680. The highest BCUT2D eigenvalue weighted by molar-refractivity contribution is 5.85. The molecule has 2 rings (SSSR count). The second kappa shape index (κ2) is 9.39. The van der Waals surface area contributed by atoms with Gasteiger partial charge in [0.05, 0.1) is 6.61 Å². The Labute approximate surface area is 139 Å². The van der Waals surface area contributed by atoms with Crippen molar-refractivity contribution in [3.63, 3.8) is 0 Å². The Morgan fingerprint density at radius 3 is 2.43 bits per heavy atom. The maximum Gasteiger partial charge on any atom is 0.328 e. The van der Waals surface area contributed by atoms with Gasteiger partial charge in [-0.3, -0.25) is 0 Å². The van der Waals surface area contributed by atoms with E-state index in [1.807, 2.05) is 24.3 Å². The maximum absolute atomic E-state index is 10.5. The van der Waals surface area contributed by atoms with Crippen molar-refractivity contribution in [2.45, 2.75) is 51.9 Å². The van der Waals surface area contributed by atoms with E-state index in [9.17, 15) is 4.79 Å². The zero-order chi connectivity index (χ0) is 16.5. The number of hydrogen-bond acceptors (Lipinski definition) is 2. The number of unbranched alkanes of at least 4 members (excludes halogenated alkanes) is 1. The number of carboxylic acids is 1. The van der Waals surface area contributed by atoms with Crippen LogP contribution < -0.4 is 4.74 Å². The zero-order valence-corrected chi connectivity index (χ0v) is 14.0. The van der Waals surface area contributed by atoms with E-state index in [0.29, 0.717) is 5.92 Å². The molecule has 1 saturated carbocycles. The van der Waals surface area contributed by atoms with Crippen LogP contribution >= 0.6 is 0 Å². The minimum atomic E-state index is -0.931. The van der Waals surface area contributed by atoms with Crippen LogP contribution in [-0.2, 0) is 4.79 Å². The Morgan fingerprint density at radius 2 is 1.83 bits per heavy atom. The van der Waals surface area contributed by atoms with Gasteiger partial charge >= 0.3 is 5.97 Å². The molecule has 0 radical (unpaired) electrons. The first-order valence-corrected chi connectivity index (χ1v) is 8.81. The molecule has 1 fully saturated rings. The summed E-state index contributed by atoms with van der Waals surface area (Å²) in [6, 6.07) is 7.59. The van der Waals surface area contributed by atoms with Crippen LogP contribution in [0.5, 0.6) is 5.75 Å². The molecule has 1 aliphatic carbocycles. The van der Waals surface area contributed by atoms with Gasteiger partial charge in [-0.2, -0.15) is 0 Å². The molecule has 0 unspecified atom stereocenters. The van der Waals surface area contributed by atoms with E-state index in [1.165, 1.54) is 44.9 Å². The lowest BCUT2D eigenvalue weighted by Gasteiger charge is -2.28. The third-order valence-corrected chi connectivity index (χ3v) is 4.72. The molecule has 1 N–H and O–H groups in total. The fourth-order valence-electron chi connectivity index (χ4n) is 3.24. The highest BCUT2D eigenvalue weighted by Crippen LogP contribution is 2.32. The molecule has 1 aliphatic rings. The van der Waals surface area contributed by atoms with Gasteiger partial charge in [0.1, 0.15) is 5.75 Å². The Kier molecular flexibility index (Phi) is 7.18. The normalized spacial score (nSPS) is 21.4. The third-order valence-electron chi connectivity index (χ3n) is 4.72. The Hall–Kier alpha value is -1.77. The van der Waals surface area contributed by atoms with E-state index in [0.717, 1.165) is 29.9 Å². The Balaban J connectivity index is 1.71. The first kappa shape index (κ1) is 17.6. The molecule has 1 aromatic carbocycles. The predicted molar refractivity (Wildman–Crippen MR) is 93.6 cm³/mol. The summed E-state index contributed by atoms with van der Waals surface area (Å²) in [5.74, 6) is 1.55. The van der Waals surface area contributed by atoms with Crippen molar-refractivity contribution < 1.29 is 14.6 Å². The average Bonchev–Trinajstić information content (AvgIpc) is 2.58. The lowest BCUT2D eigenvalue weighted by molar-refractivity contribution is -0.131. The summed E-state index contributed by atoms with van der Waals surface area (Å²) >= 11 is 0. The van der Waals surface area contributed by atoms with Gasteiger partial charge in [-0.25, -0.2) is 4.79 Å². The average molecular weight is 316 g/mol. The minimum Gasteiger partial charge on any atom is -0.493 e. The number of carbonyl (C=O) groups is 1. The van der Waals surface area contributed by atoms with Gasteiger partial charge in [0.25, 0.3) is 0 Å². The van der Waals surface area contributed by atoms with Gasteiger partial charge in [-0.15, -0.1) is 0 Å². The highest BCUT2D eigenvalue weighted by atomic mass is 16.5. The van der Waals surface area contributed by atoms with Crippen LogP contribution in [0, 0.1) is 11.8 Å². The van der Waals surface area contributed by atoms with Crippen LogP contribution in [0.1, 0.15) is 57.4 Å². The second-order valence-corrected chi connectivity index (χ2v) is 6.58. The molecule has 0 aliphatic heterocycles. The zero-order valence-electron chi connectivity index (χ0n) is 14.0. The van der Waals surface area contributed by atoms with Crippen molar-refractivity contribution in [2.24, 2.45) is 11.8 Å². The topological polar surface area (TPSA) is 46.5 Å². The number of carboxylic acid groups (broad SMARTS) is 1. The van der Waals surface area contributed by atoms with E-state index in [-0.39, 0.29) is 0 Å². The van der Waals surface area contributed by atoms with Crippen molar-refractivity contribution in [1.82, 2.24) is 0 Å². The second-order valence-electron chi connectivity index (χ2n) is 6.58. The maximum atomic E-state index is 10.5. The van der Waals surface area contributed by atoms with Crippen molar-refractivity contribution in [1.29, 1.82) is 0 Å². The highest BCUT2D eigenvalue weighted by Gasteiger charge is 2.21. The van der Waals surface area contributed by atoms with Gasteiger partial charge in [0.2, 0.25) is 0 Å². The quantitative estimate of drug-likeness (QED) is 0.674. The summed E-state index contributed by atoms with van der Waals surface area (Å²) in [6.45, 7) is 3.06. The van der Waals surface area contributed by atoms with Crippen LogP contribution in [0.3, 0.4) is 0 Å². The Morgan fingerprint density at radius 1 is 1.17 bits per heavy atom. The van der Waals surface area contributed by atoms with Gasteiger partial charge in [0, 0.05) is 6.08 Å². The summed E-state index contributed by atoms with van der Waals surface area (Å²) in [5, 5.41) is 8.61. The number of rotatable bonds is 8. The van der Waals surface area contributed by atoms with Crippen LogP contribution in [0.4, 0.5) is 0 Å². The van der Waals surface area contributed by atoms with E-state index < -0.39 is 5.97 Å². The number of aliphatic carboxylic acids is 1. The van der Waals surface area contributed by atoms with E-state index in [1.54, 1.807) is 6.08 Å². The molecule has 3 heteroatoms. The van der Waals surface area contributed by atoms with Gasteiger partial charge in [0.15, 0.2) is 0 Å². The van der Waals surface area contributed by atoms with Crippen LogP contribution in [0.2, 0.25) is 0 Å². The van der Waals surface area contributed by atoms with E-state index >= 15 is 0 Å². The molecule has 0 amide bonds. The van der Waals surface area contributed by atoms with Crippen LogP contribution in [-0.4, -0.2) is 17.7 Å². The molecule has 0 atom stereocenters. The number of ether oxygens (including phenoxy) is 1. The monoisotopic (exact) mass is 316 g/mol. The van der Waals surface area contributed by atoms with E-state index in [4.69, 9.17) is 9.84 Å². The van der Waals surface area contributed by atoms with Gasteiger partial charge < -0.3 is 9.84 Å². The number of hydrogen-bond donors (Lipinski definition) is 1. The fraction of sp³-hybridized carbons (Fsp3) is 0.550. The van der Waals surface area contributed by atoms with E-state index in [2.05, 4.69) is 6.92 Å². The molecule has 0 aromatic heterocycles. The smallest absolute Gasteiger partial charge is 0.328 e. The standard InChI is InChI=1S/C20H28O3/c1-2-3-4-16-5-7-18(8-6-16)15-23-19-12-9-17(10-13-19)11-14-20(21)22/h9-14,16,18H,2-8,15H2,1H3,(H,21,22). The SMILES string of the molecule is CCCCC1CCC(COc2ccc(C=CC(=O)O)cc2)CC1. The van der Waals surface area contributed by atoms with Gasteiger partial charge in [-0.05, 0) is 48.4 Å². The molecule has 0 spiro atoms. The van der Waals surface area contributed by atoms with Crippen LogP contribution in [0.25, 0.3) is 6.08 Å². The number of benzene rings is 1. The molecule has 0 heterocycles. The van der Waals surface area contributed by atoms with Crippen molar-refractivity contribution >= 4 is 12.0 Å². The lowest BCUT2D eigenvalue weighted by atomic mass is 9.80. The summed E-state index contributed by atoms with van der Waals surface area (Å²) in [6.07, 6.45) is 12.1. The largest absolute Gasteiger partial charge is 0.493 e. The molecule has 1 aromatic rings. The molecule has 23 heavy (non-hydrogen) atoms. The lowest BCUT2D eigenvalue weighted by Crippen LogP contribution is -2.20. The summed E-state index contributed by atoms with van der Waals surface area (Å²) < 4.78 is 5.90. The summed E-state index contributed by atoms with van der Waals surface area (Å²) in [4.78, 5) is 10.5. The third kappa shape index (κ3) is 6.47. The molecular formula is C20H28O3. The fourth-order valence-corrected chi connectivity index (χ4v) is 3.24. The predicted octanol–water partition coefficient (Wildman–Crippen LogP) is 5.16. The van der Waals surface area contributed by atoms with Crippen molar-refractivity contribution in [3.05, 3.63) is 35.9 Å². The molecular weight excluding hydrogens is 288 g/mol. The molecule has 126 valence electrons. The first-order valence-electron chi connectivity index (χ1n) is 8.81. The Bertz CT molecular complexity index is 496. The van der Waals surface area contributed by atoms with Crippen molar-refractivity contribution in [3.8, 4) is 5.75 Å². The molecule has 3 nitrogen and oxygen atoms in total. The van der Waals surface area contributed by atoms with Gasteiger partial charge in [-0.1, -0.05) is 51.2 Å². The molecule has 0 bridgehead atoms.